The monoisotopic (exact) mass is 325 g/mol. The molecule has 0 bridgehead atoms. The molecule has 2 rings (SSSR count). The summed E-state index contributed by atoms with van der Waals surface area (Å²) in [6.45, 7) is 4.61. The van der Waals surface area contributed by atoms with E-state index in [0.717, 1.165) is 21.7 Å². The summed E-state index contributed by atoms with van der Waals surface area (Å²) >= 11 is 1.43. The molecule has 0 aliphatic heterocycles. The van der Waals surface area contributed by atoms with E-state index in [4.69, 9.17) is 0 Å². The van der Waals surface area contributed by atoms with Gasteiger partial charge in [0.15, 0.2) is 0 Å². The fourth-order valence-corrected chi connectivity index (χ4v) is 4.06. The second kappa shape index (κ2) is 6.65. The van der Waals surface area contributed by atoms with E-state index in [1.807, 2.05) is 32.3 Å². The quantitative estimate of drug-likeness (QED) is 0.852. The second-order valence-electron chi connectivity index (χ2n) is 4.82. The number of rotatable bonds is 6. The molecular formula is C14H19N3O2S2. The number of hydrogen-bond acceptors (Lipinski definition) is 5. The first kappa shape index (κ1) is 16.1. The standard InChI is InChI=1S/C14H19N3O2S2/c1-10-6-12(8-15-3)7-13(11(10)2)21(18,19)17-9-14-16-4-5-20-14/h4-7,15,17H,8-9H2,1-3H3. The van der Waals surface area contributed by atoms with E-state index in [-0.39, 0.29) is 6.54 Å². The van der Waals surface area contributed by atoms with Crippen molar-refractivity contribution in [2.24, 2.45) is 0 Å². The number of benzene rings is 1. The van der Waals surface area contributed by atoms with Crippen LogP contribution in [0.4, 0.5) is 0 Å². The van der Waals surface area contributed by atoms with Gasteiger partial charge in [-0.1, -0.05) is 6.07 Å². The molecule has 21 heavy (non-hydrogen) atoms. The number of sulfonamides is 1. The highest BCUT2D eigenvalue weighted by Crippen LogP contribution is 2.21. The van der Waals surface area contributed by atoms with Crippen molar-refractivity contribution in [1.82, 2.24) is 15.0 Å². The molecule has 1 heterocycles. The molecule has 0 aliphatic rings. The zero-order chi connectivity index (χ0) is 15.5. The van der Waals surface area contributed by atoms with E-state index in [9.17, 15) is 8.42 Å². The van der Waals surface area contributed by atoms with Crippen molar-refractivity contribution in [3.8, 4) is 0 Å². The Morgan fingerprint density at radius 2 is 2.00 bits per heavy atom. The predicted molar refractivity (Wildman–Crippen MR) is 84.8 cm³/mol. The number of aromatic nitrogens is 1. The molecule has 2 aromatic rings. The lowest BCUT2D eigenvalue weighted by molar-refractivity contribution is 0.580. The number of hydrogen-bond donors (Lipinski definition) is 2. The SMILES string of the molecule is CNCc1cc(C)c(C)c(S(=O)(=O)NCc2nccs2)c1. The largest absolute Gasteiger partial charge is 0.316 e. The molecule has 0 atom stereocenters. The maximum atomic E-state index is 12.5. The van der Waals surface area contributed by atoms with Gasteiger partial charge in [0, 0.05) is 18.1 Å². The van der Waals surface area contributed by atoms with Crippen LogP contribution in [0, 0.1) is 13.8 Å². The summed E-state index contributed by atoms with van der Waals surface area (Å²) in [6.07, 6.45) is 1.66. The fraction of sp³-hybridized carbons (Fsp3) is 0.357. The minimum absolute atomic E-state index is 0.217. The van der Waals surface area contributed by atoms with E-state index in [1.54, 1.807) is 12.3 Å². The molecule has 0 unspecified atom stereocenters. The maximum absolute atomic E-state index is 12.5. The molecule has 0 radical (unpaired) electrons. The van der Waals surface area contributed by atoms with Crippen LogP contribution in [0.5, 0.6) is 0 Å². The number of nitrogens with one attached hydrogen (secondary N) is 2. The smallest absolute Gasteiger partial charge is 0.241 e. The third-order valence-corrected chi connectivity index (χ3v) is 5.55. The lowest BCUT2D eigenvalue weighted by Crippen LogP contribution is -2.24. The summed E-state index contributed by atoms with van der Waals surface area (Å²) in [5.74, 6) is 0. The van der Waals surface area contributed by atoms with Crippen LogP contribution >= 0.6 is 11.3 Å². The highest BCUT2D eigenvalue weighted by Gasteiger charge is 2.19. The van der Waals surface area contributed by atoms with Gasteiger partial charge in [0.25, 0.3) is 0 Å². The van der Waals surface area contributed by atoms with Crippen molar-refractivity contribution in [3.63, 3.8) is 0 Å². The molecule has 0 spiro atoms. The Balaban J connectivity index is 2.30. The van der Waals surface area contributed by atoms with Crippen LogP contribution in [0.15, 0.2) is 28.6 Å². The molecular weight excluding hydrogens is 306 g/mol. The van der Waals surface area contributed by atoms with Crippen LogP contribution in [0.25, 0.3) is 0 Å². The van der Waals surface area contributed by atoms with E-state index >= 15 is 0 Å². The van der Waals surface area contributed by atoms with Gasteiger partial charge in [0.2, 0.25) is 10.0 Å². The van der Waals surface area contributed by atoms with E-state index in [1.165, 1.54) is 11.3 Å². The number of aryl methyl sites for hydroxylation is 1. The number of nitrogens with zero attached hydrogens (tertiary/aromatic N) is 1. The van der Waals surface area contributed by atoms with Gasteiger partial charge in [-0.15, -0.1) is 11.3 Å². The lowest BCUT2D eigenvalue weighted by atomic mass is 10.1. The highest BCUT2D eigenvalue weighted by molar-refractivity contribution is 7.89. The Morgan fingerprint density at radius 3 is 2.62 bits per heavy atom. The van der Waals surface area contributed by atoms with Crippen LogP contribution in [-0.4, -0.2) is 20.4 Å². The summed E-state index contributed by atoms with van der Waals surface area (Å²) in [7, 11) is -1.70. The van der Waals surface area contributed by atoms with Gasteiger partial charge in [-0.25, -0.2) is 18.1 Å². The second-order valence-corrected chi connectivity index (χ2v) is 7.53. The summed E-state index contributed by atoms with van der Waals surface area (Å²) in [4.78, 5) is 4.42. The minimum Gasteiger partial charge on any atom is -0.316 e. The average molecular weight is 325 g/mol. The molecule has 0 aliphatic carbocycles. The molecule has 7 heteroatoms. The summed E-state index contributed by atoms with van der Waals surface area (Å²) in [5, 5.41) is 5.62. The van der Waals surface area contributed by atoms with Crippen molar-refractivity contribution < 1.29 is 8.42 Å². The van der Waals surface area contributed by atoms with Crippen molar-refractivity contribution >= 4 is 21.4 Å². The van der Waals surface area contributed by atoms with Crippen molar-refractivity contribution in [3.05, 3.63) is 45.4 Å². The molecule has 0 amide bonds. The average Bonchev–Trinajstić information content (AvgIpc) is 2.94. The van der Waals surface area contributed by atoms with Gasteiger partial charge in [-0.05, 0) is 43.7 Å². The number of thiazole rings is 1. The van der Waals surface area contributed by atoms with Gasteiger partial charge < -0.3 is 5.32 Å². The first-order valence-corrected chi connectivity index (χ1v) is 8.93. The maximum Gasteiger partial charge on any atom is 0.241 e. The zero-order valence-corrected chi connectivity index (χ0v) is 13.9. The summed E-state index contributed by atoms with van der Waals surface area (Å²) < 4.78 is 27.6. The van der Waals surface area contributed by atoms with Crippen LogP contribution in [0.3, 0.4) is 0 Å². The van der Waals surface area contributed by atoms with Gasteiger partial charge in [-0.2, -0.15) is 0 Å². The van der Waals surface area contributed by atoms with E-state index < -0.39 is 10.0 Å². The topological polar surface area (TPSA) is 71.1 Å². The molecule has 0 saturated heterocycles. The Bertz CT molecular complexity index is 710. The molecule has 2 N–H and O–H groups in total. The first-order valence-electron chi connectivity index (χ1n) is 6.57. The Morgan fingerprint density at radius 1 is 1.24 bits per heavy atom. The van der Waals surface area contributed by atoms with E-state index in [2.05, 4.69) is 15.0 Å². The third kappa shape index (κ3) is 3.88. The predicted octanol–water partition coefficient (Wildman–Crippen LogP) is 1.96. The Kier molecular flexibility index (Phi) is 5.10. The molecule has 0 fully saturated rings. The van der Waals surface area contributed by atoms with Crippen molar-refractivity contribution in [2.45, 2.75) is 31.8 Å². The third-order valence-electron chi connectivity index (χ3n) is 3.25. The van der Waals surface area contributed by atoms with Crippen LogP contribution in [-0.2, 0) is 23.1 Å². The Labute approximate surface area is 129 Å². The van der Waals surface area contributed by atoms with Crippen molar-refractivity contribution in [1.29, 1.82) is 0 Å². The molecule has 1 aromatic carbocycles. The molecule has 0 saturated carbocycles. The molecule has 5 nitrogen and oxygen atoms in total. The van der Waals surface area contributed by atoms with E-state index in [0.29, 0.717) is 11.4 Å². The first-order chi connectivity index (χ1) is 9.94. The molecule has 114 valence electrons. The highest BCUT2D eigenvalue weighted by atomic mass is 32.2. The summed E-state index contributed by atoms with van der Waals surface area (Å²) in [6, 6.07) is 3.73. The lowest BCUT2D eigenvalue weighted by Gasteiger charge is -2.13. The van der Waals surface area contributed by atoms with Crippen molar-refractivity contribution in [2.75, 3.05) is 7.05 Å². The minimum atomic E-state index is -3.54. The van der Waals surface area contributed by atoms with Crippen LogP contribution in [0.1, 0.15) is 21.7 Å². The Hall–Kier alpha value is -1.28. The van der Waals surface area contributed by atoms with Gasteiger partial charge in [0.1, 0.15) is 5.01 Å². The van der Waals surface area contributed by atoms with Gasteiger partial charge >= 0.3 is 0 Å². The zero-order valence-electron chi connectivity index (χ0n) is 12.3. The van der Waals surface area contributed by atoms with Crippen LogP contribution in [0.2, 0.25) is 0 Å². The van der Waals surface area contributed by atoms with Crippen LogP contribution < -0.4 is 10.0 Å². The van der Waals surface area contributed by atoms with Gasteiger partial charge in [-0.3, -0.25) is 0 Å². The normalized spacial score (nSPS) is 11.8. The summed E-state index contributed by atoms with van der Waals surface area (Å²) in [5.41, 5.74) is 2.70. The van der Waals surface area contributed by atoms with Gasteiger partial charge in [0.05, 0.1) is 11.4 Å². The fourth-order valence-electron chi connectivity index (χ4n) is 2.06. The molecule has 1 aromatic heterocycles.